The molecule has 1 aromatic heterocycles. The van der Waals surface area contributed by atoms with Crippen LogP contribution in [0.2, 0.25) is 10.2 Å². The molecule has 1 heterocycles. The van der Waals surface area contributed by atoms with Gasteiger partial charge in [-0.05, 0) is 6.42 Å². The molecule has 0 radical (unpaired) electrons. The molecule has 0 saturated heterocycles. The second kappa shape index (κ2) is 6.51. The Labute approximate surface area is 117 Å². The molecular formula is C9H14Cl2N4O2S. The fourth-order valence-electron chi connectivity index (χ4n) is 1.12. The largest absolute Gasteiger partial charge is 0.302 e. The Bertz CT molecular complexity index is 509. The van der Waals surface area contributed by atoms with E-state index in [2.05, 4.69) is 14.7 Å². The van der Waals surface area contributed by atoms with Gasteiger partial charge in [-0.15, -0.1) is 0 Å². The minimum atomic E-state index is -3.67. The van der Waals surface area contributed by atoms with E-state index >= 15 is 0 Å². The van der Waals surface area contributed by atoms with E-state index in [1.54, 1.807) is 0 Å². The van der Waals surface area contributed by atoms with E-state index in [9.17, 15) is 8.42 Å². The summed E-state index contributed by atoms with van der Waals surface area (Å²) in [5.74, 6) is -0.0278. The molecule has 0 aliphatic rings. The fraction of sp³-hybridized carbons (Fsp3) is 0.556. The molecule has 0 aromatic carbocycles. The molecule has 0 unspecified atom stereocenters. The van der Waals surface area contributed by atoms with Crippen molar-refractivity contribution in [1.29, 1.82) is 0 Å². The van der Waals surface area contributed by atoms with Gasteiger partial charge in [-0.2, -0.15) is 12.7 Å². The summed E-state index contributed by atoms with van der Waals surface area (Å²) in [5.41, 5.74) is 0. The van der Waals surface area contributed by atoms with Gasteiger partial charge in [-0.1, -0.05) is 36.5 Å². The van der Waals surface area contributed by atoms with Crippen molar-refractivity contribution in [3.8, 4) is 0 Å². The van der Waals surface area contributed by atoms with E-state index in [4.69, 9.17) is 23.2 Å². The van der Waals surface area contributed by atoms with Gasteiger partial charge >= 0.3 is 10.2 Å². The van der Waals surface area contributed by atoms with Crippen LogP contribution in [0, 0.1) is 0 Å². The normalized spacial score (nSPS) is 11.8. The molecule has 0 aliphatic heterocycles. The zero-order chi connectivity index (χ0) is 13.8. The Morgan fingerprint density at radius 3 is 2.67 bits per heavy atom. The van der Waals surface area contributed by atoms with Gasteiger partial charge in [0.05, 0.1) is 0 Å². The van der Waals surface area contributed by atoms with Gasteiger partial charge in [0.2, 0.25) is 0 Å². The highest BCUT2D eigenvalue weighted by Gasteiger charge is 2.20. The number of unbranched alkanes of at least 4 members (excludes halogenated alkanes) is 1. The fourth-order valence-corrected chi connectivity index (χ4v) is 2.38. The van der Waals surface area contributed by atoms with Crippen LogP contribution in [0.5, 0.6) is 0 Å². The SMILES string of the molecule is CCCCN(C)S(=O)(=O)Nc1ncnc(Cl)c1Cl. The first-order valence-corrected chi connectivity index (χ1v) is 7.48. The molecule has 9 heteroatoms. The molecule has 0 fully saturated rings. The van der Waals surface area contributed by atoms with Gasteiger partial charge in [0.25, 0.3) is 0 Å². The topological polar surface area (TPSA) is 75.2 Å². The van der Waals surface area contributed by atoms with Crippen LogP contribution in [-0.4, -0.2) is 36.3 Å². The van der Waals surface area contributed by atoms with Crippen molar-refractivity contribution >= 4 is 39.2 Å². The number of hydrogen-bond donors (Lipinski definition) is 1. The molecule has 0 amide bonds. The second-order valence-electron chi connectivity index (χ2n) is 3.61. The van der Waals surface area contributed by atoms with Crippen LogP contribution in [0.3, 0.4) is 0 Å². The minimum Gasteiger partial charge on any atom is -0.253 e. The average molecular weight is 313 g/mol. The van der Waals surface area contributed by atoms with Crippen molar-refractivity contribution < 1.29 is 8.42 Å². The third-order valence-corrected chi connectivity index (χ3v) is 4.41. The van der Waals surface area contributed by atoms with Crippen molar-refractivity contribution in [2.45, 2.75) is 19.8 Å². The maximum absolute atomic E-state index is 11.9. The standard InChI is InChI=1S/C9H14Cl2N4O2S/c1-3-4-5-15(2)18(16,17)14-9-7(10)8(11)12-6-13-9/h6H,3-5H2,1-2H3,(H,12,13,14). The van der Waals surface area contributed by atoms with Crippen molar-refractivity contribution in [3.05, 3.63) is 16.5 Å². The van der Waals surface area contributed by atoms with Crippen LogP contribution >= 0.6 is 23.2 Å². The van der Waals surface area contributed by atoms with Gasteiger partial charge in [0, 0.05) is 13.6 Å². The van der Waals surface area contributed by atoms with Crippen LogP contribution in [0.25, 0.3) is 0 Å². The predicted octanol–water partition coefficient (Wildman–Crippen LogP) is 2.17. The number of rotatable bonds is 6. The van der Waals surface area contributed by atoms with E-state index in [-0.39, 0.29) is 16.0 Å². The average Bonchev–Trinajstić information content (AvgIpc) is 2.31. The van der Waals surface area contributed by atoms with Crippen molar-refractivity contribution in [2.75, 3.05) is 18.3 Å². The molecule has 0 atom stereocenters. The monoisotopic (exact) mass is 312 g/mol. The van der Waals surface area contributed by atoms with E-state index < -0.39 is 10.2 Å². The maximum atomic E-state index is 11.9. The lowest BCUT2D eigenvalue weighted by molar-refractivity contribution is 0.463. The van der Waals surface area contributed by atoms with E-state index in [1.807, 2.05) is 6.92 Å². The summed E-state index contributed by atoms with van der Waals surface area (Å²) in [7, 11) is -2.19. The molecule has 18 heavy (non-hydrogen) atoms. The predicted molar refractivity (Wildman–Crippen MR) is 72.1 cm³/mol. The number of nitrogens with one attached hydrogen (secondary N) is 1. The zero-order valence-electron chi connectivity index (χ0n) is 10.0. The number of hydrogen-bond acceptors (Lipinski definition) is 4. The quantitative estimate of drug-likeness (QED) is 0.817. The van der Waals surface area contributed by atoms with Crippen molar-refractivity contribution in [1.82, 2.24) is 14.3 Å². The molecule has 0 saturated carbocycles. The first-order valence-electron chi connectivity index (χ1n) is 5.28. The number of nitrogens with zero attached hydrogens (tertiary/aromatic N) is 3. The number of aromatic nitrogens is 2. The summed E-state index contributed by atoms with van der Waals surface area (Å²) in [5, 5.41) is -0.0211. The van der Waals surface area contributed by atoms with Crippen LogP contribution in [0.15, 0.2) is 6.33 Å². The smallest absolute Gasteiger partial charge is 0.253 e. The van der Waals surface area contributed by atoms with Gasteiger partial charge < -0.3 is 0 Å². The highest BCUT2D eigenvalue weighted by atomic mass is 35.5. The van der Waals surface area contributed by atoms with E-state index in [0.717, 1.165) is 19.2 Å². The van der Waals surface area contributed by atoms with Gasteiger partial charge in [0.1, 0.15) is 11.3 Å². The molecule has 1 N–H and O–H groups in total. The first-order chi connectivity index (χ1) is 8.38. The lowest BCUT2D eigenvalue weighted by Gasteiger charge is -2.17. The Kier molecular flexibility index (Phi) is 5.58. The molecule has 102 valence electrons. The number of anilines is 1. The number of halogens is 2. The molecule has 1 rings (SSSR count). The highest BCUT2D eigenvalue weighted by Crippen LogP contribution is 2.26. The molecular weight excluding hydrogens is 299 g/mol. The molecule has 0 bridgehead atoms. The zero-order valence-corrected chi connectivity index (χ0v) is 12.3. The second-order valence-corrected chi connectivity index (χ2v) is 6.12. The minimum absolute atomic E-state index is 0.000535. The molecule has 6 nitrogen and oxygen atoms in total. The van der Waals surface area contributed by atoms with Crippen LogP contribution in [0.4, 0.5) is 5.82 Å². The molecule has 0 spiro atoms. The van der Waals surface area contributed by atoms with Crippen LogP contribution in [-0.2, 0) is 10.2 Å². The summed E-state index contributed by atoms with van der Waals surface area (Å²) in [6, 6.07) is 0. The van der Waals surface area contributed by atoms with Gasteiger partial charge in [0.15, 0.2) is 11.0 Å². The Balaban J connectivity index is 2.85. The summed E-state index contributed by atoms with van der Waals surface area (Å²) < 4.78 is 27.3. The first kappa shape index (κ1) is 15.4. The third kappa shape index (κ3) is 3.94. The van der Waals surface area contributed by atoms with E-state index in [1.165, 1.54) is 11.4 Å². The van der Waals surface area contributed by atoms with Crippen molar-refractivity contribution in [3.63, 3.8) is 0 Å². The summed E-state index contributed by atoms with van der Waals surface area (Å²) in [6.45, 7) is 2.40. The molecule has 1 aromatic rings. The molecule has 0 aliphatic carbocycles. The summed E-state index contributed by atoms with van der Waals surface area (Å²) >= 11 is 11.5. The van der Waals surface area contributed by atoms with Crippen molar-refractivity contribution in [2.24, 2.45) is 0 Å². The highest BCUT2D eigenvalue weighted by molar-refractivity contribution is 7.90. The Morgan fingerprint density at radius 2 is 2.06 bits per heavy atom. The third-order valence-electron chi connectivity index (χ3n) is 2.21. The summed E-state index contributed by atoms with van der Waals surface area (Å²) in [4.78, 5) is 7.38. The maximum Gasteiger partial charge on any atom is 0.302 e. The lowest BCUT2D eigenvalue weighted by Crippen LogP contribution is -2.33. The summed E-state index contributed by atoms with van der Waals surface area (Å²) in [6.07, 6.45) is 2.81. The van der Waals surface area contributed by atoms with Crippen LogP contribution < -0.4 is 4.72 Å². The van der Waals surface area contributed by atoms with E-state index in [0.29, 0.717) is 6.54 Å². The van der Waals surface area contributed by atoms with Crippen LogP contribution in [0.1, 0.15) is 19.8 Å². The van der Waals surface area contributed by atoms with Gasteiger partial charge in [-0.25, -0.2) is 9.97 Å². The van der Waals surface area contributed by atoms with Gasteiger partial charge in [-0.3, -0.25) is 4.72 Å². The lowest BCUT2D eigenvalue weighted by atomic mass is 10.3. The Morgan fingerprint density at radius 1 is 1.39 bits per heavy atom. The Hall–Kier alpha value is -0.630.